The Bertz CT molecular complexity index is 535. The predicted molar refractivity (Wildman–Crippen MR) is 113 cm³/mol. The third-order valence-corrected chi connectivity index (χ3v) is 5.28. The smallest absolute Gasteiger partial charge is 0.184 e. The average molecular weight is 386 g/mol. The molecule has 0 amide bonds. The first kappa shape index (κ1) is 21.3. The van der Waals surface area contributed by atoms with Crippen molar-refractivity contribution in [2.45, 2.75) is 57.6 Å². The van der Waals surface area contributed by atoms with Crippen LogP contribution in [0.15, 0.2) is 29.4 Å². The summed E-state index contributed by atoms with van der Waals surface area (Å²) in [6, 6.07) is 8.06. The van der Waals surface area contributed by atoms with Gasteiger partial charge in [-0.2, -0.15) is 16.9 Å². The lowest BCUT2D eigenvalue weighted by molar-refractivity contribution is 0.677. The number of thiocarbonyl (C=S) groups is 1. The second kappa shape index (κ2) is 12.6. The minimum absolute atomic E-state index is 0.207. The average Bonchev–Trinajstić information content (AvgIpc) is 2.56. The van der Waals surface area contributed by atoms with E-state index in [9.17, 15) is 0 Å². The summed E-state index contributed by atoms with van der Waals surface area (Å²) in [6.07, 6.45) is 6.65. The monoisotopic (exact) mass is 385 g/mol. The molecule has 0 aliphatic carbocycles. The highest BCUT2D eigenvalue weighted by Crippen LogP contribution is 2.36. The normalized spacial score (nSPS) is 12.9. The van der Waals surface area contributed by atoms with E-state index in [2.05, 4.69) is 30.4 Å². The molecule has 1 atom stereocenters. The third kappa shape index (κ3) is 8.36. The van der Waals surface area contributed by atoms with Crippen LogP contribution in [0.25, 0.3) is 0 Å². The fourth-order valence-corrected chi connectivity index (χ4v) is 3.98. The maximum absolute atomic E-state index is 6.40. The third-order valence-electron chi connectivity index (χ3n) is 3.68. The molecular weight excluding hydrogens is 358 g/mol. The SMILES string of the molecule is CCCCCC/C(C[C@@H](SCC)c1ccccc1Cl)=N\NC(N)=S. The molecule has 1 rings (SSSR count). The Morgan fingerprint density at radius 2 is 2.04 bits per heavy atom. The lowest BCUT2D eigenvalue weighted by Gasteiger charge is -2.19. The fourth-order valence-electron chi connectivity index (χ4n) is 2.50. The molecule has 0 bridgehead atoms. The van der Waals surface area contributed by atoms with Gasteiger partial charge in [-0.3, -0.25) is 5.43 Å². The van der Waals surface area contributed by atoms with Crippen molar-refractivity contribution in [2.75, 3.05) is 5.75 Å². The van der Waals surface area contributed by atoms with Gasteiger partial charge in [-0.1, -0.05) is 62.9 Å². The van der Waals surface area contributed by atoms with Crippen molar-refractivity contribution in [3.63, 3.8) is 0 Å². The molecule has 0 unspecified atom stereocenters. The Morgan fingerprint density at radius 1 is 1.29 bits per heavy atom. The highest BCUT2D eigenvalue weighted by Gasteiger charge is 2.17. The largest absolute Gasteiger partial charge is 0.375 e. The van der Waals surface area contributed by atoms with Crippen molar-refractivity contribution in [3.05, 3.63) is 34.9 Å². The summed E-state index contributed by atoms with van der Waals surface area (Å²) < 4.78 is 0. The zero-order chi connectivity index (χ0) is 17.8. The predicted octanol–water partition coefficient (Wildman–Crippen LogP) is 5.68. The van der Waals surface area contributed by atoms with Gasteiger partial charge in [0.05, 0.1) is 0 Å². The number of hydrogen-bond acceptors (Lipinski definition) is 3. The zero-order valence-electron chi connectivity index (χ0n) is 14.6. The number of nitrogens with two attached hydrogens (primary N) is 1. The van der Waals surface area contributed by atoms with E-state index in [0.29, 0.717) is 5.25 Å². The summed E-state index contributed by atoms with van der Waals surface area (Å²) in [5.74, 6) is 1.03. The van der Waals surface area contributed by atoms with Gasteiger partial charge in [0, 0.05) is 22.4 Å². The van der Waals surface area contributed by atoms with Crippen LogP contribution in [0.4, 0.5) is 0 Å². The van der Waals surface area contributed by atoms with Gasteiger partial charge in [0.1, 0.15) is 0 Å². The number of halogens is 1. The molecule has 0 heterocycles. The molecule has 0 aliphatic rings. The molecule has 0 radical (unpaired) electrons. The number of nitrogens with zero attached hydrogens (tertiary/aromatic N) is 1. The van der Waals surface area contributed by atoms with E-state index in [1.165, 1.54) is 24.8 Å². The summed E-state index contributed by atoms with van der Waals surface area (Å²) in [4.78, 5) is 0. The van der Waals surface area contributed by atoms with Gasteiger partial charge in [-0.15, -0.1) is 0 Å². The number of hydrogen-bond donors (Lipinski definition) is 2. The minimum Gasteiger partial charge on any atom is -0.375 e. The van der Waals surface area contributed by atoms with Crippen LogP contribution in [0.3, 0.4) is 0 Å². The first-order valence-electron chi connectivity index (χ1n) is 8.55. The first-order valence-corrected chi connectivity index (χ1v) is 10.4. The van der Waals surface area contributed by atoms with Crippen LogP contribution < -0.4 is 11.2 Å². The lowest BCUT2D eigenvalue weighted by atomic mass is 10.0. The van der Waals surface area contributed by atoms with Crippen LogP contribution in [0.2, 0.25) is 5.02 Å². The molecule has 0 saturated carbocycles. The van der Waals surface area contributed by atoms with E-state index in [4.69, 9.17) is 29.6 Å². The second-order valence-corrected chi connectivity index (χ2v) is 7.96. The van der Waals surface area contributed by atoms with Gasteiger partial charge in [0.25, 0.3) is 0 Å². The highest BCUT2D eigenvalue weighted by atomic mass is 35.5. The lowest BCUT2D eigenvalue weighted by Crippen LogP contribution is -2.25. The molecule has 1 aromatic rings. The summed E-state index contributed by atoms with van der Waals surface area (Å²) in [5.41, 5.74) is 10.6. The highest BCUT2D eigenvalue weighted by molar-refractivity contribution is 7.99. The molecule has 0 aromatic heterocycles. The zero-order valence-corrected chi connectivity index (χ0v) is 16.9. The topological polar surface area (TPSA) is 50.4 Å². The Hall–Kier alpha value is -0.780. The standard InChI is InChI=1S/C18H28ClN3S2/c1-3-5-6-7-10-14(21-22-18(20)23)13-17(24-4-2)15-11-8-9-12-16(15)19/h8-9,11-12,17H,3-7,10,13H2,1-2H3,(H3,20,22,23)/b21-14+/t17-/m1/s1. The van der Waals surface area contributed by atoms with E-state index in [0.717, 1.165) is 35.7 Å². The molecule has 0 fully saturated rings. The molecule has 3 N–H and O–H groups in total. The van der Waals surface area contributed by atoms with Crippen molar-refractivity contribution < 1.29 is 0 Å². The number of rotatable bonds is 11. The Balaban J connectivity index is 2.83. The van der Waals surface area contributed by atoms with E-state index >= 15 is 0 Å². The van der Waals surface area contributed by atoms with E-state index < -0.39 is 0 Å². The van der Waals surface area contributed by atoms with Gasteiger partial charge in [0.2, 0.25) is 0 Å². The van der Waals surface area contributed by atoms with Crippen molar-refractivity contribution in [2.24, 2.45) is 10.8 Å². The van der Waals surface area contributed by atoms with Gasteiger partial charge in [-0.05, 0) is 42.4 Å². The number of benzene rings is 1. The van der Waals surface area contributed by atoms with Crippen molar-refractivity contribution in [1.82, 2.24) is 5.43 Å². The van der Waals surface area contributed by atoms with Crippen molar-refractivity contribution in [1.29, 1.82) is 0 Å². The molecule has 134 valence electrons. The van der Waals surface area contributed by atoms with Crippen LogP contribution in [-0.2, 0) is 0 Å². The van der Waals surface area contributed by atoms with Crippen molar-refractivity contribution in [3.8, 4) is 0 Å². The molecule has 0 aliphatic heterocycles. The number of unbranched alkanes of at least 4 members (excludes halogenated alkanes) is 3. The molecule has 0 spiro atoms. The van der Waals surface area contributed by atoms with Crippen molar-refractivity contribution >= 4 is 46.4 Å². The molecule has 6 heteroatoms. The Morgan fingerprint density at radius 3 is 2.67 bits per heavy atom. The van der Waals surface area contributed by atoms with Crippen LogP contribution in [0.1, 0.15) is 63.2 Å². The molecule has 3 nitrogen and oxygen atoms in total. The number of hydrazone groups is 1. The second-order valence-electron chi connectivity index (χ2n) is 5.63. The van der Waals surface area contributed by atoms with Crippen LogP contribution in [-0.4, -0.2) is 16.6 Å². The molecule has 24 heavy (non-hydrogen) atoms. The summed E-state index contributed by atoms with van der Waals surface area (Å²) in [6.45, 7) is 4.38. The number of nitrogens with one attached hydrogen (secondary N) is 1. The van der Waals surface area contributed by atoms with E-state index in [1.54, 1.807) is 0 Å². The maximum atomic E-state index is 6.40. The van der Waals surface area contributed by atoms with Gasteiger partial charge in [0.15, 0.2) is 5.11 Å². The minimum atomic E-state index is 0.207. The molecular formula is C18H28ClN3S2. The van der Waals surface area contributed by atoms with Gasteiger partial charge in [-0.25, -0.2) is 0 Å². The summed E-state index contributed by atoms with van der Waals surface area (Å²) >= 11 is 13.2. The van der Waals surface area contributed by atoms with Crippen LogP contribution in [0, 0.1) is 0 Å². The fraction of sp³-hybridized carbons (Fsp3) is 0.556. The number of thioether (sulfide) groups is 1. The molecule has 1 aromatic carbocycles. The van der Waals surface area contributed by atoms with Crippen LogP contribution in [0.5, 0.6) is 0 Å². The van der Waals surface area contributed by atoms with Crippen LogP contribution >= 0.6 is 35.6 Å². The quantitative estimate of drug-likeness (QED) is 0.222. The van der Waals surface area contributed by atoms with Gasteiger partial charge < -0.3 is 5.73 Å². The summed E-state index contributed by atoms with van der Waals surface area (Å²) in [5, 5.41) is 5.76. The summed E-state index contributed by atoms with van der Waals surface area (Å²) in [7, 11) is 0. The Kier molecular flexibility index (Phi) is 11.1. The Labute approximate surface area is 160 Å². The van der Waals surface area contributed by atoms with E-state index in [-0.39, 0.29) is 5.11 Å². The van der Waals surface area contributed by atoms with Gasteiger partial charge >= 0.3 is 0 Å². The first-order chi connectivity index (χ1) is 11.6. The molecule has 0 saturated heterocycles. The van der Waals surface area contributed by atoms with E-state index in [1.807, 2.05) is 30.0 Å². The maximum Gasteiger partial charge on any atom is 0.184 e.